The summed E-state index contributed by atoms with van der Waals surface area (Å²) in [4.78, 5) is 29.2. The van der Waals surface area contributed by atoms with Crippen LogP contribution in [0.1, 0.15) is 87.0 Å². The number of likely N-dealkylation sites (tertiary alicyclic amines) is 1. The van der Waals surface area contributed by atoms with Gasteiger partial charge in [0.2, 0.25) is 5.91 Å². The van der Waals surface area contributed by atoms with Gasteiger partial charge < -0.3 is 24.4 Å². The highest BCUT2D eigenvalue weighted by atomic mass is 35.5. The van der Waals surface area contributed by atoms with Crippen LogP contribution in [0.4, 0.5) is 10.5 Å². The highest BCUT2D eigenvalue weighted by Gasteiger charge is 2.44. The Balaban J connectivity index is 0.990. The molecule has 2 aromatic carbocycles. The van der Waals surface area contributed by atoms with E-state index in [1.54, 1.807) is 6.92 Å². The summed E-state index contributed by atoms with van der Waals surface area (Å²) in [6, 6.07) is 13.9. The molecule has 1 N–H and O–H groups in total. The molecule has 3 amide bonds. The van der Waals surface area contributed by atoms with Crippen LogP contribution in [0, 0.1) is 0 Å². The van der Waals surface area contributed by atoms with E-state index < -0.39 is 0 Å². The first-order chi connectivity index (χ1) is 21.4. The van der Waals surface area contributed by atoms with Gasteiger partial charge in [-0.1, -0.05) is 46.6 Å². The van der Waals surface area contributed by atoms with Crippen molar-refractivity contribution < 1.29 is 18.8 Å². The van der Waals surface area contributed by atoms with E-state index in [0.29, 0.717) is 39.7 Å². The Morgan fingerprint density at radius 3 is 2.30 bits per heavy atom. The molecule has 0 spiro atoms. The van der Waals surface area contributed by atoms with Crippen molar-refractivity contribution in [1.29, 1.82) is 0 Å². The summed E-state index contributed by atoms with van der Waals surface area (Å²) in [7, 11) is 0. The molecule has 8 nitrogen and oxygen atoms in total. The van der Waals surface area contributed by atoms with Crippen LogP contribution >= 0.6 is 23.2 Å². The molecule has 10 heteroatoms. The van der Waals surface area contributed by atoms with Crippen molar-refractivity contribution >= 4 is 40.8 Å². The molecule has 232 valence electrons. The second-order valence-corrected chi connectivity index (χ2v) is 13.6. The van der Waals surface area contributed by atoms with E-state index >= 15 is 0 Å². The zero-order valence-corrected chi connectivity index (χ0v) is 26.4. The van der Waals surface area contributed by atoms with E-state index in [1.165, 1.54) is 5.56 Å². The Kier molecular flexibility index (Phi) is 8.33. The lowest BCUT2D eigenvalue weighted by atomic mass is 9.89. The zero-order valence-electron chi connectivity index (χ0n) is 24.9. The minimum absolute atomic E-state index is 0.0369. The molecule has 2 bridgehead atoms. The maximum absolute atomic E-state index is 13.6. The number of anilines is 1. The minimum Gasteiger partial charge on any atom is -0.373 e. The Hall–Kier alpha value is -3.07. The van der Waals surface area contributed by atoms with Gasteiger partial charge in [-0.05, 0) is 87.1 Å². The molecule has 3 aromatic rings. The molecular weight excluding hydrogens is 599 g/mol. The highest BCUT2D eigenvalue weighted by Crippen LogP contribution is 2.46. The first-order valence-corrected chi connectivity index (χ1v) is 16.6. The Morgan fingerprint density at radius 1 is 0.955 bits per heavy atom. The molecule has 4 aliphatic rings. The second kappa shape index (κ2) is 12.4. The van der Waals surface area contributed by atoms with Gasteiger partial charge in [0.15, 0.2) is 0 Å². The number of ether oxygens (including phenoxy) is 1. The van der Waals surface area contributed by atoms with Gasteiger partial charge in [-0.3, -0.25) is 4.79 Å². The number of nitrogens with one attached hydrogen (secondary N) is 1. The molecule has 1 aromatic heterocycles. The lowest BCUT2D eigenvalue weighted by Crippen LogP contribution is -2.50. The Labute approximate surface area is 268 Å². The third-order valence-corrected chi connectivity index (χ3v) is 10.5. The maximum atomic E-state index is 13.6. The van der Waals surface area contributed by atoms with Crippen molar-refractivity contribution in [3.05, 3.63) is 69.4 Å². The van der Waals surface area contributed by atoms with Gasteiger partial charge in [0.05, 0.1) is 22.8 Å². The van der Waals surface area contributed by atoms with Crippen molar-refractivity contribution in [3.63, 3.8) is 0 Å². The smallest absolute Gasteiger partial charge is 0.322 e. The average molecular weight is 638 g/mol. The summed E-state index contributed by atoms with van der Waals surface area (Å²) in [5.41, 5.74) is 4.32. The van der Waals surface area contributed by atoms with E-state index in [2.05, 4.69) is 22.6 Å². The molecule has 0 radical (unpaired) electrons. The molecule has 1 aliphatic carbocycles. The van der Waals surface area contributed by atoms with Crippen molar-refractivity contribution in [3.8, 4) is 11.3 Å². The molecular formula is C34H38Cl2N4O4. The number of carbonyl (C=O) groups is 2. The summed E-state index contributed by atoms with van der Waals surface area (Å²) in [5, 5.41) is 8.66. The normalized spacial score (nSPS) is 23.7. The lowest BCUT2D eigenvalue weighted by molar-refractivity contribution is -0.129. The van der Waals surface area contributed by atoms with Crippen molar-refractivity contribution in [1.82, 2.24) is 15.0 Å². The zero-order chi connectivity index (χ0) is 30.4. The summed E-state index contributed by atoms with van der Waals surface area (Å²) < 4.78 is 12.4. The maximum Gasteiger partial charge on any atom is 0.322 e. The monoisotopic (exact) mass is 636 g/mol. The third kappa shape index (κ3) is 5.96. The number of halogens is 2. The largest absolute Gasteiger partial charge is 0.373 e. The first kappa shape index (κ1) is 29.6. The fourth-order valence-electron chi connectivity index (χ4n) is 7.43. The van der Waals surface area contributed by atoms with Crippen LogP contribution in [0.5, 0.6) is 0 Å². The molecule has 2 unspecified atom stereocenters. The first-order valence-electron chi connectivity index (χ1n) is 15.8. The number of nitrogens with zero attached hydrogens (tertiary/aromatic N) is 3. The van der Waals surface area contributed by atoms with E-state index in [0.717, 1.165) is 81.5 Å². The standard InChI is InChI=1S/C34H38Cl2N4O4/c1-20(41)39-14-12-21(13-15-39)23-4-2-5-24(16-23)37-34(42)40-25-10-11-26(40)18-27(17-25)43-19-28-32(38-44-33(28)22-8-9-22)31-29(35)6-3-7-30(31)36/h2-7,16,21-22,25-27H,8-15,17-19H2,1H3,(H,37,42). The number of aromatic nitrogens is 1. The van der Waals surface area contributed by atoms with Gasteiger partial charge in [-0.15, -0.1) is 0 Å². The van der Waals surface area contributed by atoms with Gasteiger partial charge in [0, 0.05) is 54.8 Å². The molecule has 2 atom stereocenters. The van der Waals surface area contributed by atoms with Gasteiger partial charge in [-0.25, -0.2) is 4.79 Å². The fraction of sp³-hybridized carbons (Fsp3) is 0.500. The number of fused-ring (bicyclic) bond motifs is 2. The molecule has 3 saturated heterocycles. The molecule has 44 heavy (non-hydrogen) atoms. The van der Waals surface area contributed by atoms with Crippen LogP contribution in [0.3, 0.4) is 0 Å². The van der Waals surface area contributed by atoms with E-state index in [9.17, 15) is 9.59 Å². The average Bonchev–Trinajstić information content (AvgIpc) is 3.72. The van der Waals surface area contributed by atoms with Crippen LogP contribution in [-0.4, -0.2) is 58.2 Å². The fourth-order valence-corrected chi connectivity index (χ4v) is 8.01. The summed E-state index contributed by atoms with van der Waals surface area (Å²) in [5.74, 6) is 1.78. The quantitative estimate of drug-likeness (QED) is 0.284. The van der Waals surface area contributed by atoms with Crippen molar-refractivity contribution in [2.24, 2.45) is 0 Å². The predicted molar refractivity (Wildman–Crippen MR) is 170 cm³/mol. The van der Waals surface area contributed by atoms with Crippen LogP contribution < -0.4 is 5.32 Å². The third-order valence-electron chi connectivity index (χ3n) is 9.90. The van der Waals surface area contributed by atoms with E-state index in [-0.39, 0.29) is 30.1 Å². The SMILES string of the molecule is CC(=O)N1CCC(c2cccc(NC(=O)N3C4CCC3CC(OCc3c(-c5c(Cl)cccc5Cl)noc3C3CC3)C4)c2)CC1. The van der Waals surface area contributed by atoms with Gasteiger partial charge in [-0.2, -0.15) is 0 Å². The highest BCUT2D eigenvalue weighted by molar-refractivity contribution is 6.39. The van der Waals surface area contributed by atoms with E-state index in [4.69, 9.17) is 32.5 Å². The van der Waals surface area contributed by atoms with Gasteiger partial charge in [0.25, 0.3) is 0 Å². The molecule has 1 saturated carbocycles. The van der Waals surface area contributed by atoms with Crippen LogP contribution in [-0.2, 0) is 16.1 Å². The number of hydrogen-bond acceptors (Lipinski definition) is 5. The number of hydrogen-bond donors (Lipinski definition) is 1. The topological polar surface area (TPSA) is 87.9 Å². The minimum atomic E-state index is -0.0369. The second-order valence-electron chi connectivity index (χ2n) is 12.8. The number of urea groups is 1. The van der Waals surface area contributed by atoms with E-state index in [1.807, 2.05) is 40.1 Å². The van der Waals surface area contributed by atoms with Crippen LogP contribution in [0.2, 0.25) is 10.0 Å². The van der Waals surface area contributed by atoms with Crippen molar-refractivity contribution in [2.45, 2.75) is 94.9 Å². The predicted octanol–water partition coefficient (Wildman–Crippen LogP) is 8.00. The van der Waals surface area contributed by atoms with Gasteiger partial charge >= 0.3 is 6.03 Å². The number of carbonyl (C=O) groups excluding carboxylic acids is 2. The Morgan fingerprint density at radius 2 is 1.64 bits per heavy atom. The Bertz CT molecular complexity index is 1510. The van der Waals surface area contributed by atoms with Crippen LogP contribution in [0.15, 0.2) is 47.0 Å². The van der Waals surface area contributed by atoms with Crippen molar-refractivity contribution in [2.75, 3.05) is 18.4 Å². The number of amides is 3. The summed E-state index contributed by atoms with van der Waals surface area (Å²) in [6.45, 7) is 3.58. The van der Waals surface area contributed by atoms with Gasteiger partial charge in [0.1, 0.15) is 11.5 Å². The summed E-state index contributed by atoms with van der Waals surface area (Å²) >= 11 is 13.1. The number of benzene rings is 2. The molecule has 4 fully saturated rings. The molecule has 3 aliphatic heterocycles. The summed E-state index contributed by atoms with van der Waals surface area (Å²) in [6.07, 6.45) is 7.64. The number of rotatable bonds is 7. The molecule has 7 rings (SSSR count). The van der Waals surface area contributed by atoms with Crippen LogP contribution in [0.25, 0.3) is 11.3 Å². The lowest BCUT2D eigenvalue weighted by Gasteiger charge is -2.38. The number of piperidine rings is 2. The molecule has 4 heterocycles.